The maximum absolute atomic E-state index is 12.9. The van der Waals surface area contributed by atoms with Gasteiger partial charge in [-0.25, -0.2) is 4.98 Å². The second-order valence-corrected chi connectivity index (χ2v) is 6.95. The van der Waals surface area contributed by atoms with Crippen LogP contribution in [-0.4, -0.2) is 50.4 Å². The van der Waals surface area contributed by atoms with Crippen molar-refractivity contribution in [3.63, 3.8) is 0 Å². The molecule has 1 atom stereocenters. The summed E-state index contributed by atoms with van der Waals surface area (Å²) in [4.78, 5) is 35.7. The molecule has 7 heteroatoms. The van der Waals surface area contributed by atoms with Crippen molar-refractivity contribution in [3.05, 3.63) is 47.8 Å². The van der Waals surface area contributed by atoms with Gasteiger partial charge in [-0.1, -0.05) is 6.07 Å². The van der Waals surface area contributed by atoms with Gasteiger partial charge >= 0.3 is 0 Å². The van der Waals surface area contributed by atoms with Crippen LogP contribution in [0.15, 0.2) is 30.6 Å². The third kappa shape index (κ3) is 3.34. The summed E-state index contributed by atoms with van der Waals surface area (Å²) in [5, 5.41) is 3.04. The van der Waals surface area contributed by atoms with Crippen LogP contribution in [0.25, 0.3) is 0 Å². The van der Waals surface area contributed by atoms with E-state index in [9.17, 15) is 9.59 Å². The number of likely N-dealkylation sites (tertiary alicyclic amines) is 1. The van der Waals surface area contributed by atoms with Gasteiger partial charge in [-0.2, -0.15) is 0 Å². The first kappa shape index (κ1) is 16.8. The van der Waals surface area contributed by atoms with E-state index in [4.69, 9.17) is 0 Å². The van der Waals surface area contributed by atoms with E-state index in [1.165, 1.54) is 6.42 Å². The van der Waals surface area contributed by atoms with Crippen molar-refractivity contribution in [1.82, 2.24) is 24.8 Å². The van der Waals surface area contributed by atoms with E-state index in [-0.39, 0.29) is 17.9 Å². The molecule has 136 valence electrons. The van der Waals surface area contributed by atoms with Gasteiger partial charge < -0.3 is 14.8 Å². The summed E-state index contributed by atoms with van der Waals surface area (Å²) in [7, 11) is 0. The molecule has 26 heavy (non-hydrogen) atoms. The molecular formula is C19H23N5O2. The van der Waals surface area contributed by atoms with E-state index >= 15 is 0 Å². The zero-order valence-electron chi connectivity index (χ0n) is 14.7. The van der Waals surface area contributed by atoms with Crippen molar-refractivity contribution in [2.45, 2.75) is 44.7 Å². The summed E-state index contributed by atoms with van der Waals surface area (Å²) in [5.74, 6) is 0.803. The van der Waals surface area contributed by atoms with E-state index in [0.29, 0.717) is 17.9 Å². The normalized spacial score (nSPS) is 19.7. The van der Waals surface area contributed by atoms with Crippen LogP contribution in [0.1, 0.15) is 52.5 Å². The average molecular weight is 353 g/mol. The lowest BCUT2D eigenvalue weighted by Crippen LogP contribution is -2.43. The second-order valence-electron chi connectivity index (χ2n) is 6.95. The minimum absolute atomic E-state index is 0.0286. The molecule has 0 bridgehead atoms. The molecule has 2 aliphatic rings. The number of piperidine rings is 1. The van der Waals surface area contributed by atoms with Gasteiger partial charge in [0.05, 0.1) is 6.20 Å². The Morgan fingerprint density at radius 3 is 2.73 bits per heavy atom. The van der Waals surface area contributed by atoms with Gasteiger partial charge in [0, 0.05) is 38.3 Å². The van der Waals surface area contributed by atoms with Crippen molar-refractivity contribution in [2.75, 3.05) is 13.1 Å². The van der Waals surface area contributed by atoms with E-state index in [0.717, 1.165) is 44.6 Å². The first-order valence-electron chi connectivity index (χ1n) is 9.28. The zero-order chi connectivity index (χ0) is 17.9. The van der Waals surface area contributed by atoms with Gasteiger partial charge in [-0.05, 0) is 37.8 Å². The fraction of sp³-hybridized carbons (Fsp3) is 0.474. The van der Waals surface area contributed by atoms with Crippen LogP contribution in [0.4, 0.5) is 0 Å². The number of carbonyl (C=O) groups excluding carboxylic acids is 2. The lowest BCUT2D eigenvalue weighted by molar-refractivity contribution is 0.0711. The Morgan fingerprint density at radius 2 is 1.96 bits per heavy atom. The van der Waals surface area contributed by atoms with Crippen molar-refractivity contribution in [3.8, 4) is 0 Å². The van der Waals surface area contributed by atoms with E-state index < -0.39 is 0 Å². The Balaban J connectivity index is 1.47. The maximum atomic E-state index is 12.9. The summed E-state index contributed by atoms with van der Waals surface area (Å²) < 4.78 is 1.98. The fourth-order valence-electron chi connectivity index (χ4n) is 3.74. The number of fused-ring (bicyclic) bond motifs is 1. The minimum atomic E-state index is -0.178. The number of hydrogen-bond donors (Lipinski definition) is 1. The first-order valence-corrected chi connectivity index (χ1v) is 9.28. The van der Waals surface area contributed by atoms with Gasteiger partial charge in [0.15, 0.2) is 0 Å². The SMILES string of the molecule is O=C(N[C@@H]1CCc2ncc(C(=O)N3CCCCC3)n2C1)c1ccccn1. The predicted molar refractivity (Wildman–Crippen MR) is 95.8 cm³/mol. The van der Waals surface area contributed by atoms with Gasteiger partial charge in [0.2, 0.25) is 0 Å². The Bertz CT molecular complexity index is 796. The predicted octanol–water partition coefficient (Wildman–Crippen LogP) is 1.65. The van der Waals surface area contributed by atoms with Crippen molar-refractivity contribution < 1.29 is 9.59 Å². The quantitative estimate of drug-likeness (QED) is 0.910. The third-order valence-corrected chi connectivity index (χ3v) is 5.15. The van der Waals surface area contributed by atoms with E-state index in [1.807, 2.05) is 9.47 Å². The highest BCUT2D eigenvalue weighted by Crippen LogP contribution is 2.20. The lowest BCUT2D eigenvalue weighted by atomic mass is 10.1. The molecule has 1 N–H and O–H groups in total. The second kappa shape index (κ2) is 7.27. The Labute approximate surface area is 152 Å². The number of pyridine rings is 1. The number of aromatic nitrogens is 3. The lowest BCUT2D eigenvalue weighted by Gasteiger charge is -2.29. The number of aryl methyl sites for hydroxylation is 1. The topological polar surface area (TPSA) is 80.1 Å². The maximum Gasteiger partial charge on any atom is 0.272 e. The molecule has 7 nitrogen and oxygen atoms in total. The van der Waals surface area contributed by atoms with Crippen LogP contribution in [0, 0.1) is 0 Å². The fourth-order valence-corrected chi connectivity index (χ4v) is 3.74. The summed E-state index contributed by atoms with van der Waals surface area (Å²) in [6.07, 6.45) is 8.18. The molecule has 4 rings (SSSR count). The first-order chi connectivity index (χ1) is 12.7. The Hall–Kier alpha value is -2.70. The minimum Gasteiger partial charge on any atom is -0.346 e. The van der Waals surface area contributed by atoms with Crippen molar-refractivity contribution in [1.29, 1.82) is 0 Å². The molecule has 2 aliphatic heterocycles. The molecule has 0 radical (unpaired) electrons. The van der Waals surface area contributed by atoms with Gasteiger partial charge in [-0.3, -0.25) is 14.6 Å². The molecular weight excluding hydrogens is 330 g/mol. The highest BCUT2D eigenvalue weighted by molar-refractivity contribution is 5.93. The van der Waals surface area contributed by atoms with E-state index in [2.05, 4.69) is 15.3 Å². The van der Waals surface area contributed by atoms with Gasteiger partial charge in [0.25, 0.3) is 11.8 Å². The number of hydrogen-bond acceptors (Lipinski definition) is 4. The highest BCUT2D eigenvalue weighted by Gasteiger charge is 2.28. The van der Waals surface area contributed by atoms with Gasteiger partial charge in [-0.15, -0.1) is 0 Å². The molecule has 1 fully saturated rings. The molecule has 0 aliphatic carbocycles. The van der Waals surface area contributed by atoms with Crippen LogP contribution in [0.2, 0.25) is 0 Å². The number of nitrogens with one attached hydrogen (secondary N) is 1. The monoisotopic (exact) mass is 353 g/mol. The average Bonchev–Trinajstić information content (AvgIpc) is 3.12. The highest BCUT2D eigenvalue weighted by atomic mass is 16.2. The zero-order valence-corrected chi connectivity index (χ0v) is 14.7. The van der Waals surface area contributed by atoms with Gasteiger partial charge in [0.1, 0.15) is 17.2 Å². The summed E-state index contributed by atoms with van der Waals surface area (Å²) in [5.41, 5.74) is 1.05. The molecule has 0 spiro atoms. The standard InChI is InChI=1S/C19H23N5O2/c25-18(15-6-2-3-9-20-15)22-14-7-8-17-21-12-16(24(17)13-14)19(26)23-10-4-1-5-11-23/h2-3,6,9,12,14H,1,4-5,7-8,10-11,13H2,(H,22,25)/t14-/m1/s1. The van der Waals surface area contributed by atoms with Crippen LogP contribution in [0.3, 0.4) is 0 Å². The molecule has 2 aromatic heterocycles. The third-order valence-electron chi connectivity index (χ3n) is 5.15. The molecule has 0 aromatic carbocycles. The summed E-state index contributed by atoms with van der Waals surface area (Å²) in [6, 6.07) is 5.26. The number of carbonyl (C=O) groups is 2. The number of nitrogens with zero attached hydrogens (tertiary/aromatic N) is 4. The summed E-state index contributed by atoms with van der Waals surface area (Å²) in [6.45, 7) is 2.21. The molecule has 0 unspecified atom stereocenters. The van der Waals surface area contributed by atoms with E-state index in [1.54, 1.807) is 30.6 Å². The largest absolute Gasteiger partial charge is 0.346 e. The smallest absolute Gasteiger partial charge is 0.272 e. The van der Waals surface area contributed by atoms with Crippen LogP contribution in [0.5, 0.6) is 0 Å². The van der Waals surface area contributed by atoms with Crippen molar-refractivity contribution >= 4 is 11.8 Å². The molecule has 1 saturated heterocycles. The summed E-state index contributed by atoms with van der Waals surface area (Å²) >= 11 is 0. The van der Waals surface area contributed by atoms with Crippen LogP contribution < -0.4 is 5.32 Å². The molecule has 0 saturated carbocycles. The Morgan fingerprint density at radius 1 is 1.12 bits per heavy atom. The molecule has 2 amide bonds. The number of rotatable bonds is 3. The van der Waals surface area contributed by atoms with Crippen LogP contribution in [-0.2, 0) is 13.0 Å². The number of amides is 2. The molecule has 2 aromatic rings. The molecule has 4 heterocycles. The van der Waals surface area contributed by atoms with Crippen molar-refractivity contribution in [2.24, 2.45) is 0 Å². The number of imidazole rings is 1. The Kier molecular flexibility index (Phi) is 4.69. The van der Waals surface area contributed by atoms with Crippen LogP contribution >= 0.6 is 0 Å².